The average Bonchev–Trinajstić information content (AvgIpc) is 2.59. The lowest BCUT2D eigenvalue weighted by atomic mass is 10.2. The molecular weight excluding hydrogens is 372 g/mol. The molecule has 2 aromatic carbocycles. The van der Waals surface area contributed by atoms with Crippen LogP contribution in [0.4, 0.5) is 0 Å². The molecular formula is C18H25N2O4S2+. The van der Waals surface area contributed by atoms with Crippen LogP contribution in [0.5, 0.6) is 0 Å². The number of unbranched alkanes of at least 4 members (excludes halogenated alkanes) is 1. The maximum Gasteiger partial charge on any atom is 0.344 e. The first-order valence-electron chi connectivity index (χ1n) is 8.44. The Labute approximate surface area is 155 Å². The third kappa shape index (κ3) is 4.91. The molecule has 0 saturated heterocycles. The molecule has 0 spiro atoms. The van der Waals surface area contributed by atoms with Gasteiger partial charge >= 0.3 is 10.0 Å². The fraction of sp³-hybridized carbons (Fsp3) is 0.333. The maximum absolute atomic E-state index is 12.9. The molecule has 0 aliphatic heterocycles. The second kappa shape index (κ2) is 8.30. The van der Waals surface area contributed by atoms with Gasteiger partial charge in [0, 0.05) is 0 Å². The van der Waals surface area contributed by atoms with E-state index in [4.69, 9.17) is 0 Å². The van der Waals surface area contributed by atoms with Crippen molar-refractivity contribution in [3.63, 3.8) is 0 Å². The summed E-state index contributed by atoms with van der Waals surface area (Å²) < 4.78 is 51.0. The third-order valence-electron chi connectivity index (χ3n) is 3.99. The van der Waals surface area contributed by atoms with Crippen LogP contribution in [0.2, 0.25) is 0 Å². The van der Waals surface area contributed by atoms with Gasteiger partial charge in [-0.2, -0.15) is 8.42 Å². The molecule has 1 unspecified atom stereocenters. The van der Waals surface area contributed by atoms with Crippen LogP contribution in [0.3, 0.4) is 0 Å². The van der Waals surface area contributed by atoms with Gasteiger partial charge in [0.1, 0.15) is 11.4 Å². The maximum atomic E-state index is 12.9. The number of nitrogens with one attached hydrogen (secondary N) is 2. The van der Waals surface area contributed by atoms with Crippen molar-refractivity contribution < 1.29 is 21.2 Å². The van der Waals surface area contributed by atoms with Crippen LogP contribution in [-0.2, 0) is 20.0 Å². The molecule has 2 N–H and O–H groups in total. The van der Waals surface area contributed by atoms with Gasteiger partial charge in [-0.1, -0.05) is 48.7 Å². The molecule has 0 saturated carbocycles. The summed E-state index contributed by atoms with van der Waals surface area (Å²) in [5, 5.41) is 0. The van der Waals surface area contributed by atoms with E-state index in [1.54, 1.807) is 24.3 Å². The van der Waals surface area contributed by atoms with E-state index in [0.717, 1.165) is 17.5 Å². The summed E-state index contributed by atoms with van der Waals surface area (Å²) in [6, 6.07) is 12.7. The zero-order valence-electron chi connectivity index (χ0n) is 15.2. The van der Waals surface area contributed by atoms with Gasteiger partial charge in [-0.25, -0.2) is 8.42 Å². The number of hydrogen-bond acceptors (Lipinski definition) is 4. The van der Waals surface area contributed by atoms with Crippen LogP contribution in [-0.4, -0.2) is 23.4 Å². The standard InChI is InChI=1S/C18H24N2O4S2/c1-4-5-14-20(26(23,24)18-12-8-16(3)9-13-18)19-25(21,22)17-10-6-15(2)7-11-17/h6-13,19H,4-5,14H2,1-3H3/p+1. The first-order valence-corrected chi connectivity index (χ1v) is 11.4. The van der Waals surface area contributed by atoms with Gasteiger partial charge in [0.25, 0.3) is 10.0 Å². The lowest BCUT2D eigenvalue weighted by Crippen LogP contribution is -3.20. The molecule has 0 heterocycles. The molecule has 0 bridgehead atoms. The van der Waals surface area contributed by atoms with Crippen LogP contribution in [0.15, 0.2) is 58.3 Å². The predicted octanol–water partition coefficient (Wildman–Crippen LogP) is 1.57. The molecule has 1 atom stereocenters. The predicted molar refractivity (Wildman–Crippen MR) is 101 cm³/mol. The summed E-state index contributed by atoms with van der Waals surface area (Å²) >= 11 is 0. The molecule has 6 nitrogen and oxygen atoms in total. The van der Waals surface area contributed by atoms with E-state index >= 15 is 0 Å². The van der Waals surface area contributed by atoms with E-state index in [0.29, 0.717) is 6.42 Å². The highest BCUT2D eigenvalue weighted by Crippen LogP contribution is 2.10. The Morgan fingerprint density at radius 2 is 1.27 bits per heavy atom. The molecule has 0 radical (unpaired) electrons. The average molecular weight is 398 g/mol. The first kappa shape index (κ1) is 20.6. The molecule has 2 aromatic rings. The van der Waals surface area contributed by atoms with Gasteiger partial charge < -0.3 is 0 Å². The molecule has 142 valence electrons. The minimum Gasteiger partial charge on any atom is -0.202 e. The second-order valence-corrected chi connectivity index (χ2v) is 9.92. The Morgan fingerprint density at radius 1 is 0.808 bits per heavy atom. The van der Waals surface area contributed by atoms with Crippen molar-refractivity contribution in [3.05, 3.63) is 59.7 Å². The van der Waals surface area contributed by atoms with Crippen LogP contribution in [0.25, 0.3) is 0 Å². The Hall–Kier alpha value is -1.74. The Morgan fingerprint density at radius 3 is 1.73 bits per heavy atom. The Kier molecular flexibility index (Phi) is 6.57. The molecule has 26 heavy (non-hydrogen) atoms. The van der Waals surface area contributed by atoms with Crippen molar-refractivity contribution in [2.75, 3.05) is 6.54 Å². The topological polar surface area (TPSA) is 84.8 Å². The number of hydrogen-bond donors (Lipinski definition) is 2. The van der Waals surface area contributed by atoms with E-state index in [9.17, 15) is 16.8 Å². The van der Waals surface area contributed by atoms with Crippen LogP contribution in [0, 0.1) is 13.8 Å². The number of quaternary nitrogens is 1. The van der Waals surface area contributed by atoms with Gasteiger partial charge in [-0.05, 0) is 49.4 Å². The molecule has 0 aromatic heterocycles. The van der Waals surface area contributed by atoms with E-state index < -0.39 is 20.0 Å². The minimum atomic E-state index is -3.97. The zero-order chi connectivity index (χ0) is 19.4. The molecule has 0 amide bonds. The highest BCUT2D eigenvalue weighted by atomic mass is 32.2. The molecule has 0 aliphatic carbocycles. The summed E-state index contributed by atoms with van der Waals surface area (Å²) in [6.07, 6.45) is 1.32. The Balaban J connectivity index is 2.37. The summed E-state index contributed by atoms with van der Waals surface area (Å²) in [6.45, 7) is 5.77. The van der Waals surface area contributed by atoms with Crippen molar-refractivity contribution in [1.82, 2.24) is 4.83 Å². The summed E-state index contributed by atoms with van der Waals surface area (Å²) in [7, 11) is -7.89. The van der Waals surface area contributed by atoms with Crippen LogP contribution >= 0.6 is 0 Å². The highest BCUT2D eigenvalue weighted by molar-refractivity contribution is 7.90. The summed E-state index contributed by atoms with van der Waals surface area (Å²) in [4.78, 5) is 2.44. The van der Waals surface area contributed by atoms with Crippen molar-refractivity contribution in [1.29, 1.82) is 0 Å². The van der Waals surface area contributed by atoms with Crippen molar-refractivity contribution in [2.45, 2.75) is 43.4 Å². The fourth-order valence-corrected chi connectivity index (χ4v) is 5.34. The molecule has 8 heteroatoms. The van der Waals surface area contributed by atoms with Crippen molar-refractivity contribution in [3.8, 4) is 0 Å². The van der Waals surface area contributed by atoms with Gasteiger partial charge in [-0.3, -0.25) is 0 Å². The highest BCUT2D eigenvalue weighted by Gasteiger charge is 2.33. The Bertz CT molecular complexity index is 936. The normalized spacial score (nSPS) is 13.5. The lowest BCUT2D eigenvalue weighted by molar-refractivity contribution is -0.801. The quantitative estimate of drug-likeness (QED) is 0.662. The first-order chi connectivity index (χ1) is 12.2. The van der Waals surface area contributed by atoms with Gasteiger partial charge in [0.05, 0.1) is 4.90 Å². The van der Waals surface area contributed by atoms with E-state index in [-0.39, 0.29) is 20.7 Å². The second-order valence-electron chi connectivity index (χ2n) is 6.26. The van der Waals surface area contributed by atoms with Gasteiger partial charge in [0.15, 0.2) is 0 Å². The molecule has 2 rings (SSSR count). The van der Waals surface area contributed by atoms with Crippen molar-refractivity contribution >= 4 is 20.0 Å². The monoisotopic (exact) mass is 397 g/mol. The summed E-state index contributed by atoms with van der Waals surface area (Å²) in [5.74, 6) is 0. The smallest absolute Gasteiger partial charge is 0.202 e. The van der Waals surface area contributed by atoms with E-state index in [1.807, 2.05) is 20.8 Å². The number of sulfonamides is 2. The van der Waals surface area contributed by atoms with E-state index in [1.165, 1.54) is 24.3 Å². The third-order valence-corrected chi connectivity index (χ3v) is 7.38. The summed E-state index contributed by atoms with van der Waals surface area (Å²) in [5.41, 5.74) is 1.85. The number of rotatable bonds is 8. The fourth-order valence-electron chi connectivity index (χ4n) is 2.36. The number of benzene rings is 2. The van der Waals surface area contributed by atoms with Crippen molar-refractivity contribution in [2.24, 2.45) is 0 Å². The number of aryl methyl sites for hydroxylation is 2. The van der Waals surface area contributed by atoms with Gasteiger partial charge in [-0.15, -0.1) is 4.41 Å². The largest absolute Gasteiger partial charge is 0.344 e. The van der Waals surface area contributed by atoms with Gasteiger partial charge in [0.2, 0.25) is 0 Å². The molecule has 0 aliphatic rings. The van der Waals surface area contributed by atoms with Crippen LogP contribution in [0.1, 0.15) is 30.9 Å². The van der Waals surface area contributed by atoms with Crippen LogP contribution < -0.4 is 9.25 Å². The van der Waals surface area contributed by atoms with E-state index in [2.05, 4.69) is 4.83 Å². The SMILES string of the molecule is CCCC[NH+](NS(=O)(=O)c1ccc(C)cc1)S(=O)(=O)c1ccc(C)cc1. The zero-order valence-corrected chi connectivity index (χ0v) is 16.8. The minimum absolute atomic E-state index is 0.0382. The lowest BCUT2D eigenvalue weighted by Gasteiger charge is -2.19. The molecule has 0 fully saturated rings.